The Labute approximate surface area is 169 Å². The van der Waals surface area contributed by atoms with Gasteiger partial charge in [0.15, 0.2) is 5.96 Å². The van der Waals surface area contributed by atoms with Crippen LogP contribution in [0.3, 0.4) is 0 Å². The van der Waals surface area contributed by atoms with Gasteiger partial charge in [-0.2, -0.15) is 5.10 Å². The quantitative estimate of drug-likeness (QED) is 0.453. The first-order valence-corrected chi connectivity index (χ1v) is 8.85. The molecule has 1 unspecified atom stereocenters. The fourth-order valence-electron chi connectivity index (χ4n) is 2.60. The maximum Gasteiger partial charge on any atom is 0.573 e. The number of aliphatic imine (C=N–C) groups is 1. The van der Waals surface area contributed by atoms with Gasteiger partial charge in [0.2, 0.25) is 0 Å². The van der Waals surface area contributed by atoms with Crippen molar-refractivity contribution in [1.82, 2.24) is 9.78 Å². The molecular formula is C19H17ClF3N5O. The number of nitrogens with one attached hydrogen (secondary N) is 1. The predicted octanol–water partition coefficient (Wildman–Crippen LogP) is 4.45. The van der Waals surface area contributed by atoms with Gasteiger partial charge >= 0.3 is 6.36 Å². The Balaban J connectivity index is 1.68. The number of rotatable bonds is 6. The number of guanidine groups is 1. The molecule has 10 heteroatoms. The molecule has 0 saturated heterocycles. The molecule has 152 valence electrons. The van der Waals surface area contributed by atoms with Gasteiger partial charge in [0.1, 0.15) is 5.75 Å². The van der Waals surface area contributed by atoms with Crippen LogP contribution >= 0.6 is 11.6 Å². The lowest BCUT2D eigenvalue weighted by atomic mass is 10.1. The van der Waals surface area contributed by atoms with Crippen LogP contribution in [0.1, 0.15) is 11.6 Å². The molecule has 1 atom stereocenters. The molecule has 0 saturated carbocycles. The van der Waals surface area contributed by atoms with Gasteiger partial charge in [0, 0.05) is 23.1 Å². The molecule has 0 aliphatic rings. The molecule has 1 aromatic heterocycles. The van der Waals surface area contributed by atoms with Gasteiger partial charge in [-0.1, -0.05) is 23.7 Å². The van der Waals surface area contributed by atoms with Crippen molar-refractivity contribution in [2.45, 2.75) is 12.4 Å². The number of benzene rings is 2. The van der Waals surface area contributed by atoms with Crippen LogP contribution in [0.2, 0.25) is 5.02 Å². The van der Waals surface area contributed by atoms with E-state index in [-0.39, 0.29) is 24.3 Å². The third-order valence-corrected chi connectivity index (χ3v) is 4.15. The van der Waals surface area contributed by atoms with Crippen molar-refractivity contribution >= 4 is 23.2 Å². The number of nitrogens with zero attached hydrogens (tertiary/aromatic N) is 3. The molecule has 2 aromatic carbocycles. The second-order valence-corrected chi connectivity index (χ2v) is 6.41. The summed E-state index contributed by atoms with van der Waals surface area (Å²) in [4.78, 5) is 4.33. The fourth-order valence-corrected chi connectivity index (χ4v) is 2.73. The van der Waals surface area contributed by atoms with E-state index in [1.807, 2.05) is 18.3 Å². The second-order valence-electron chi connectivity index (χ2n) is 5.98. The number of anilines is 1. The molecule has 0 spiro atoms. The van der Waals surface area contributed by atoms with Crippen molar-refractivity contribution in [3.8, 4) is 5.75 Å². The number of hydrogen-bond acceptors (Lipinski definition) is 3. The largest absolute Gasteiger partial charge is 0.573 e. The van der Waals surface area contributed by atoms with E-state index in [0.717, 1.165) is 5.56 Å². The molecule has 0 amide bonds. The van der Waals surface area contributed by atoms with Gasteiger partial charge in [-0.3, -0.25) is 9.67 Å². The van der Waals surface area contributed by atoms with E-state index in [9.17, 15) is 13.2 Å². The van der Waals surface area contributed by atoms with Crippen LogP contribution < -0.4 is 15.8 Å². The molecule has 1 heterocycles. The van der Waals surface area contributed by atoms with Crippen LogP contribution in [0.4, 0.5) is 18.9 Å². The van der Waals surface area contributed by atoms with Gasteiger partial charge < -0.3 is 15.8 Å². The van der Waals surface area contributed by atoms with Gasteiger partial charge in [-0.05, 0) is 48.0 Å². The molecular weight excluding hydrogens is 407 g/mol. The number of ether oxygens (including phenoxy) is 1. The Morgan fingerprint density at radius 2 is 1.86 bits per heavy atom. The molecule has 29 heavy (non-hydrogen) atoms. The van der Waals surface area contributed by atoms with Crippen LogP contribution in [0.5, 0.6) is 5.75 Å². The van der Waals surface area contributed by atoms with E-state index < -0.39 is 6.36 Å². The number of hydrogen-bond donors (Lipinski definition) is 2. The third-order valence-electron chi connectivity index (χ3n) is 3.89. The second kappa shape index (κ2) is 8.87. The zero-order valence-electron chi connectivity index (χ0n) is 15.0. The first-order valence-electron chi connectivity index (χ1n) is 8.47. The predicted molar refractivity (Wildman–Crippen MR) is 105 cm³/mol. The number of nitrogens with two attached hydrogens (primary N) is 1. The van der Waals surface area contributed by atoms with Crippen molar-refractivity contribution in [2.75, 3.05) is 11.9 Å². The van der Waals surface area contributed by atoms with Crippen LogP contribution in [-0.4, -0.2) is 28.6 Å². The number of halogens is 4. The molecule has 3 aromatic rings. The van der Waals surface area contributed by atoms with E-state index >= 15 is 0 Å². The summed E-state index contributed by atoms with van der Waals surface area (Å²) in [6.07, 6.45) is -1.25. The number of aromatic nitrogens is 2. The minimum atomic E-state index is -4.74. The van der Waals surface area contributed by atoms with Crippen molar-refractivity contribution in [1.29, 1.82) is 0 Å². The monoisotopic (exact) mass is 423 g/mol. The van der Waals surface area contributed by atoms with Crippen molar-refractivity contribution < 1.29 is 17.9 Å². The molecule has 3 rings (SSSR count). The average molecular weight is 424 g/mol. The summed E-state index contributed by atoms with van der Waals surface area (Å²) in [7, 11) is 0. The van der Waals surface area contributed by atoms with Crippen LogP contribution in [0.25, 0.3) is 0 Å². The van der Waals surface area contributed by atoms with E-state index in [4.69, 9.17) is 17.3 Å². The van der Waals surface area contributed by atoms with E-state index in [1.54, 1.807) is 29.1 Å². The topological polar surface area (TPSA) is 77.5 Å². The molecule has 0 aliphatic carbocycles. The summed E-state index contributed by atoms with van der Waals surface area (Å²) in [5.74, 6) is -0.208. The van der Waals surface area contributed by atoms with Crippen LogP contribution in [0, 0.1) is 0 Å². The van der Waals surface area contributed by atoms with Crippen molar-refractivity contribution in [3.05, 3.63) is 77.6 Å². The standard InChI is InChI=1S/C19H17ClF3N5O/c20-14-4-2-13(3-5-14)17(28-11-1-10-26-28)12-25-18(24)27-15-6-8-16(9-7-15)29-19(21,22)23/h1-11,17H,12H2,(H3,24,25,27). The smallest absolute Gasteiger partial charge is 0.406 e. The molecule has 0 radical (unpaired) electrons. The molecule has 0 bridgehead atoms. The lowest BCUT2D eigenvalue weighted by Crippen LogP contribution is -2.25. The highest BCUT2D eigenvalue weighted by Crippen LogP contribution is 2.24. The molecule has 3 N–H and O–H groups in total. The number of alkyl halides is 3. The molecule has 0 aliphatic heterocycles. The lowest BCUT2D eigenvalue weighted by Gasteiger charge is -2.17. The van der Waals surface area contributed by atoms with E-state index in [1.165, 1.54) is 24.3 Å². The molecule has 6 nitrogen and oxygen atoms in total. The first kappa shape index (κ1) is 20.5. The zero-order chi connectivity index (χ0) is 20.9. The summed E-state index contributed by atoms with van der Waals surface area (Å²) in [6, 6.07) is 14.1. The average Bonchev–Trinajstić information content (AvgIpc) is 3.18. The van der Waals surface area contributed by atoms with Gasteiger partial charge in [-0.25, -0.2) is 0 Å². The third kappa shape index (κ3) is 6.15. The summed E-state index contributed by atoms with van der Waals surface area (Å²) in [5, 5.41) is 7.72. The van der Waals surface area contributed by atoms with Crippen molar-refractivity contribution in [2.24, 2.45) is 10.7 Å². The normalized spacial score (nSPS) is 13.2. The summed E-state index contributed by atoms with van der Waals surface area (Å²) >= 11 is 5.95. The Bertz CT molecular complexity index is 941. The van der Waals surface area contributed by atoms with E-state index in [0.29, 0.717) is 10.7 Å². The van der Waals surface area contributed by atoms with Crippen LogP contribution in [-0.2, 0) is 0 Å². The Morgan fingerprint density at radius 3 is 2.45 bits per heavy atom. The zero-order valence-corrected chi connectivity index (χ0v) is 15.7. The highest BCUT2D eigenvalue weighted by atomic mass is 35.5. The minimum Gasteiger partial charge on any atom is -0.406 e. The maximum atomic E-state index is 12.2. The summed E-state index contributed by atoms with van der Waals surface area (Å²) < 4.78 is 42.2. The van der Waals surface area contributed by atoms with Gasteiger partial charge in [0.05, 0.1) is 12.6 Å². The lowest BCUT2D eigenvalue weighted by molar-refractivity contribution is -0.274. The molecule has 0 fully saturated rings. The summed E-state index contributed by atoms with van der Waals surface area (Å²) in [5.41, 5.74) is 7.35. The SMILES string of the molecule is NC(=NCC(c1ccc(Cl)cc1)n1cccn1)Nc1ccc(OC(F)(F)F)cc1. The Hall–Kier alpha value is -3.20. The van der Waals surface area contributed by atoms with Gasteiger partial charge in [-0.15, -0.1) is 13.2 Å². The maximum absolute atomic E-state index is 12.2. The summed E-state index contributed by atoms with van der Waals surface area (Å²) in [6.45, 7) is 0.289. The Kier molecular flexibility index (Phi) is 6.28. The highest BCUT2D eigenvalue weighted by molar-refractivity contribution is 6.30. The van der Waals surface area contributed by atoms with Gasteiger partial charge in [0.25, 0.3) is 0 Å². The minimum absolute atomic E-state index is 0.112. The highest BCUT2D eigenvalue weighted by Gasteiger charge is 2.30. The van der Waals surface area contributed by atoms with Crippen LogP contribution in [0.15, 0.2) is 72.0 Å². The van der Waals surface area contributed by atoms with Crippen molar-refractivity contribution in [3.63, 3.8) is 0 Å². The van der Waals surface area contributed by atoms with E-state index in [2.05, 4.69) is 20.1 Å². The first-order chi connectivity index (χ1) is 13.8. The Morgan fingerprint density at radius 1 is 1.17 bits per heavy atom. The fraction of sp³-hybridized carbons (Fsp3) is 0.158.